The third-order valence-electron chi connectivity index (χ3n) is 5.19. The van der Waals surface area contributed by atoms with Crippen LogP contribution in [0.1, 0.15) is 50.3 Å². The lowest BCUT2D eigenvalue weighted by molar-refractivity contribution is -0.923. The molecule has 3 heteroatoms. The lowest BCUT2D eigenvalue weighted by Crippen LogP contribution is -3.00. The minimum absolute atomic E-state index is 0. The molecular formula is C19H35BrN2. The van der Waals surface area contributed by atoms with Crippen molar-refractivity contribution >= 4 is 0 Å². The van der Waals surface area contributed by atoms with Crippen molar-refractivity contribution in [2.75, 3.05) is 32.7 Å². The fourth-order valence-electron chi connectivity index (χ4n) is 3.18. The van der Waals surface area contributed by atoms with Gasteiger partial charge in [0.2, 0.25) is 0 Å². The molecule has 1 N–H and O–H groups in total. The normalized spacial score (nSPS) is 11.3. The van der Waals surface area contributed by atoms with Gasteiger partial charge in [-0.2, -0.15) is 0 Å². The highest BCUT2D eigenvalue weighted by molar-refractivity contribution is 5.33. The monoisotopic (exact) mass is 370 g/mol. The van der Waals surface area contributed by atoms with Crippen LogP contribution in [0.5, 0.6) is 0 Å². The van der Waals surface area contributed by atoms with Gasteiger partial charge in [0.15, 0.2) is 0 Å². The van der Waals surface area contributed by atoms with E-state index in [1.54, 1.807) is 0 Å². The lowest BCUT2D eigenvalue weighted by Gasteiger charge is -2.35. The summed E-state index contributed by atoms with van der Waals surface area (Å²) in [5.41, 5.74) is 4.28. The molecule has 22 heavy (non-hydrogen) atoms. The Morgan fingerprint density at radius 3 is 1.95 bits per heavy atom. The van der Waals surface area contributed by atoms with Gasteiger partial charge in [-0.1, -0.05) is 18.2 Å². The fourth-order valence-corrected chi connectivity index (χ4v) is 3.18. The maximum Gasteiger partial charge on any atom is 0.0786 e. The van der Waals surface area contributed by atoms with Crippen molar-refractivity contribution in [3.05, 3.63) is 34.9 Å². The topological polar surface area (TPSA) is 12.0 Å². The van der Waals surface area contributed by atoms with Gasteiger partial charge in [-0.25, -0.2) is 0 Å². The van der Waals surface area contributed by atoms with Gasteiger partial charge in [0.05, 0.1) is 26.2 Å². The number of nitrogens with one attached hydrogen (secondary N) is 1. The Balaban J connectivity index is 0.00000441. The first-order valence-corrected chi connectivity index (χ1v) is 8.69. The number of rotatable bonds is 10. The van der Waals surface area contributed by atoms with Crippen LogP contribution in [0, 0.1) is 13.8 Å². The molecule has 1 aromatic rings. The zero-order chi connectivity index (χ0) is 15.7. The number of aryl methyl sites for hydroxylation is 2. The van der Waals surface area contributed by atoms with Gasteiger partial charge in [0.25, 0.3) is 0 Å². The molecule has 0 spiro atoms. The van der Waals surface area contributed by atoms with E-state index in [9.17, 15) is 0 Å². The lowest BCUT2D eigenvalue weighted by atomic mass is 10.0. The number of quaternary nitrogens is 1. The molecule has 0 aromatic heterocycles. The summed E-state index contributed by atoms with van der Waals surface area (Å²) in [6, 6.07) is 6.56. The summed E-state index contributed by atoms with van der Waals surface area (Å²) in [6.45, 7) is 18.7. The van der Waals surface area contributed by atoms with Crippen molar-refractivity contribution in [1.29, 1.82) is 0 Å². The molecule has 0 aliphatic rings. The van der Waals surface area contributed by atoms with Crippen molar-refractivity contribution in [3.8, 4) is 0 Å². The molecule has 0 aliphatic heterocycles. The van der Waals surface area contributed by atoms with Crippen LogP contribution in [0.15, 0.2) is 18.2 Å². The Hall–Kier alpha value is -0.380. The molecule has 128 valence electrons. The Morgan fingerprint density at radius 2 is 1.45 bits per heavy atom. The summed E-state index contributed by atoms with van der Waals surface area (Å²) in [6.07, 6.45) is 2.61. The first-order chi connectivity index (χ1) is 10.1. The van der Waals surface area contributed by atoms with Crippen LogP contribution in [0.2, 0.25) is 0 Å². The van der Waals surface area contributed by atoms with Crippen LogP contribution in [-0.2, 0) is 6.54 Å². The SMILES string of the molecule is CC[N+](CC)(CC)CCCCNCc1c(C)cccc1C.[Br-]. The Morgan fingerprint density at radius 1 is 0.909 bits per heavy atom. The van der Waals surface area contributed by atoms with E-state index in [0.717, 1.165) is 13.1 Å². The van der Waals surface area contributed by atoms with Crippen LogP contribution in [0.3, 0.4) is 0 Å². The number of halogens is 1. The quantitative estimate of drug-likeness (QED) is 0.479. The molecule has 0 atom stereocenters. The van der Waals surface area contributed by atoms with Crippen molar-refractivity contribution < 1.29 is 21.5 Å². The summed E-state index contributed by atoms with van der Waals surface area (Å²) in [5.74, 6) is 0. The summed E-state index contributed by atoms with van der Waals surface area (Å²) < 4.78 is 1.27. The molecule has 1 aromatic carbocycles. The van der Waals surface area contributed by atoms with Crippen LogP contribution in [-0.4, -0.2) is 37.2 Å². The largest absolute Gasteiger partial charge is 1.00 e. The maximum atomic E-state index is 3.62. The van der Waals surface area contributed by atoms with Gasteiger partial charge < -0.3 is 26.8 Å². The number of benzene rings is 1. The van der Waals surface area contributed by atoms with Crippen molar-refractivity contribution in [2.24, 2.45) is 0 Å². The zero-order valence-corrected chi connectivity index (χ0v) is 16.8. The molecule has 0 aliphatic carbocycles. The summed E-state index contributed by atoms with van der Waals surface area (Å²) in [5, 5.41) is 3.62. The first-order valence-electron chi connectivity index (χ1n) is 8.69. The van der Waals surface area contributed by atoms with E-state index in [1.165, 1.54) is 60.2 Å². The van der Waals surface area contributed by atoms with Gasteiger partial charge in [-0.05, 0) is 70.7 Å². The third-order valence-corrected chi connectivity index (χ3v) is 5.19. The third kappa shape index (κ3) is 6.39. The predicted octanol–water partition coefficient (Wildman–Crippen LogP) is 1.05. The first kappa shape index (κ1) is 21.6. The standard InChI is InChI=1S/C19H35N2.BrH/c1-6-21(7-2,8-3)15-10-9-14-20-16-19-17(4)12-11-13-18(19)5;/h11-13,20H,6-10,14-16H2,1-5H3;1H/q+1;/p-1. The Labute approximate surface area is 148 Å². The van der Waals surface area contributed by atoms with Crippen LogP contribution in [0.4, 0.5) is 0 Å². The Bertz CT molecular complexity index is 385. The van der Waals surface area contributed by atoms with E-state index < -0.39 is 0 Å². The highest BCUT2D eigenvalue weighted by Crippen LogP contribution is 2.13. The van der Waals surface area contributed by atoms with E-state index in [0.29, 0.717) is 0 Å². The molecule has 0 saturated carbocycles. The predicted molar refractivity (Wildman–Crippen MR) is 93.6 cm³/mol. The second-order valence-electron chi connectivity index (χ2n) is 6.27. The van der Waals surface area contributed by atoms with Crippen molar-refractivity contribution in [2.45, 2.75) is 54.0 Å². The molecule has 0 bridgehead atoms. The van der Waals surface area contributed by atoms with E-state index in [1.807, 2.05) is 0 Å². The van der Waals surface area contributed by atoms with E-state index in [2.05, 4.69) is 58.1 Å². The Kier molecular flexibility index (Phi) is 11.0. The zero-order valence-electron chi connectivity index (χ0n) is 15.2. The molecule has 0 heterocycles. The second-order valence-corrected chi connectivity index (χ2v) is 6.27. The van der Waals surface area contributed by atoms with Gasteiger partial charge in [-0.15, -0.1) is 0 Å². The molecule has 0 unspecified atom stereocenters. The average Bonchev–Trinajstić information content (AvgIpc) is 2.50. The number of hydrogen-bond donors (Lipinski definition) is 1. The second kappa shape index (κ2) is 11.2. The molecule has 0 radical (unpaired) electrons. The van der Waals surface area contributed by atoms with Crippen molar-refractivity contribution in [1.82, 2.24) is 5.32 Å². The van der Waals surface area contributed by atoms with Gasteiger partial charge in [0.1, 0.15) is 0 Å². The van der Waals surface area contributed by atoms with Gasteiger partial charge in [-0.3, -0.25) is 0 Å². The molecular weight excluding hydrogens is 336 g/mol. The molecule has 2 nitrogen and oxygen atoms in total. The van der Waals surface area contributed by atoms with E-state index >= 15 is 0 Å². The highest BCUT2D eigenvalue weighted by Gasteiger charge is 2.19. The van der Waals surface area contributed by atoms with Crippen LogP contribution in [0.25, 0.3) is 0 Å². The smallest absolute Gasteiger partial charge is 0.0786 e. The van der Waals surface area contributed by atoms with Crippen molar-refractivity contribution in [3.63, 3.8) is 0 Å². The number of hydrogen-bond acceptors (Lipinski definition) is 1. The number of unbranched alkanes of at least 4 members (excludes halogenated alkanes) is 1. The fraction of sp³-hybridized carbons (Fsp3) is 0.684. The highest BCUT2D eigenvalue weighted by atomic mass is 79.9. The summed E-state index contributed by atoms with van der Waals surface area (Å²) in [7, 11) is 0. The maximum absolute atomic E-state index is 3.62. The molecule has 0 amide bonds. The summed E-state index contributed by atoms with van der Waals surface area (Å²) >= 11 is 0. The van der Waals surface area contributed by atoms with Crippen LogP contribution < -0.4 is 22.3 Å². The van der Waals surface area contributed by atoms with Gasteiger partial charge in [0, 0.05) is 6.54 Å². The molecule has 1 rings (SSSR count). The number of nitrogens with zero attached hydrogens (tertiary/aromatic N) is 1. The minimum atomic E-state index is 0. The minimum Gasteiger partial charge on any atom is -1.00 e. The summed E-state index contributed by atoms with van der Waals surface area (Å²) in [4.78, 5) is 0. The average molecular weight is 371 g/mol. The van der Waals surface area contributed by atoms with E-state index in [4.69, 9.17) is 0 Å². The van der Waals surface area contributed by atoms with Gasteiger partial charge >= 0.3 is 0 Å². The molecule has 0 fully saturated rings. The van der Waals surface area contributed by atoms with E-state index in [-0.39, 0.29) is 17.0 Å². The molecule has 0 saturated heterocycles. The van der Waals surface area contributed by atoms with Crippen LogP contribution >= 0.6 is 0 Å².